The minimum Gasteiger partial charge on any atom is -0.391 e. The van der Waals surface area contributed by atoms with Gasteiger partial charge in [-0.05, 0) is 39.1 Å². The van der Waals surface area contributed by atoms with E-state index < -0.39 is 0 Å². The monoisotopic (exact) mass is 258 g/mol. The molecule has 1 N–H and O–H groups in total. The summed E-state index contributed by atoms with van der Waals surface area (Å²) in [6, 6.07) is 0.189. The zero-order valence-electron chi connectivity index (χ0n) is 10.6. The van der Waals surface area contributed by atoms with Crippen molar-refractivity contribution in [1.29, 1.82) is 0 Å². The second-order valence-electron chi connectivity index (χ2n) is 5.30. The van der Waals surface area contributed by atoms with Gasteiger partial charge in [0.1, 0.15) is 0 Å². The lowest BCUT2D eigenvalue weighted by Gasteiger charge is -2.28. The second-order valence-corrected chi connectivity index (χ2v) is 6.61. The van der Waals surface area contributed by atoms with Gasteiger partial charge in [0, 0.05) is 19.1 Å². The first-order chi connectivity index (χ1) is 8.08. The van der Waals surface area contributed by atoms with Crippen molar-refractivity contribution in [3.63, 3.8) is 0 Å². The van der Waals surface area contributed by atoms with Crippen molar-refractivity contribution < 1.29 is 9.90 Å². The maximum atomic E-state index is 12.4. The van der Waals surface area contributed by atoms with E-state index in [1.54, 1.807) is 11.8 Å². The number of likely N-dealkylation sites (tertiary alicyclic amines) is 1. The standard InChI is InChI=1S/C12H22N2O2S/c1-13(2)7-9-6-10(15)8-14(9)12(16)11-4-3-5-17-11/h9-11,15H,3-8H2,1-2H3. The molecule has 2 heterocycles. The van der Waals surface area contributed by atoms with Gasteiger partial charge < -0.3 is 14.9 Å². The van der Waals surface area contributed by atoms with E-state index in [-0.39, 0.29) is 23.3 Å². The number of β-amino-alcohol motifs (C(OH)–C–C–N with tert-alkyl or cyclic N) is 1. The number of aliphatic hydroxyl groups excluding tert-OH is 1. The van der Waals surface area contributed by atoms with Crippen LogP contribution in [0.5, 0.6) is 0 Å². The lowest BCUT2D eigenvalue weighted by Crippen LogP contribution is -2.44. The molecule has 17 heavy (non-hydrogen) atoms. The summed E-state index contributed by atoms with van der Waals surface area (Å²) in [4.78, 5) is 16.4. The van der Waals surface area contributed by atoms with Crippen LogP contribution < -0.4 is 0 Å². The molecule has 3 atom stereocenters. The molecule has 2 aliphatic heterocycles. The predicted molar refractivity (Wildman–Crippen MR) is 70.2 cm³/mol. The maximum Gasteiger partial charge on any atom is 0.236 e. The van der Waals surface area contributed by atoms with Gasteiger partial charge in [-0.1, -0.05) is 0 Å². The first-order valence-corrected chi connectivity index (χ1v) is 7.37. The summed E-state index contributed by atoms with van der Waals surface area (Å²) >= 11 is 1.77. The smallest absolute Gasteiger partial charge is 0.236 e. The Balaban J connectivity index is 1.98. The molecule has 4 nitrogen and oxygen atoms in total. The van der Waals surface area contributed by atoms with Gasteiger partial charge in [0.15, 0.2) is 0 Å². The summed E-state index contributed by atoms with van der Waals surface area (Å²) in [6.07, 6.45) is 2.54. The van der Waals surface area contributed by atoms with Gasteiger partial charge >= 0.3 is 0 Å². The van der Waals surface area contributed by atoms with Crippen LogP contribution in [0.2, 0.25) is 0 Å². The molecule has 2 rings (SSSR count). The van der Waals surface area contributed by atoms with Gasteiger partial charge in [0.05, 0.1) is 11.4 Å². The summed E-state index contributed by atoms with van der Waals surface area (Å²) in [5.41, 5.74) is 0. The number of rotatable bonds is 3. The first-order valence-electron chi connectivity index (χ1n) is 6.33. The van der Waals surface area contributed by atoms with Crippen molar-refractivity contribution in [2.24, 2.45) is 0 Å². The van der Waals surface area contributed by atoms with Crippen LogP contribution in [-0.4, -0.2) is 71.1 Å². The van der Waals surface area contributed by atoms with Crippen LogP contribution in [0.25, 0.3) is 0 Å². The Morgan fingerprint density at radius 3 is 2.88 bits per heavy atom. The maximum absolute atomic E-state index is 12.4. The predicted octanol–water partition coefficient (Wildman–Crippen LogP) is 0.405. The van der Waals surface area contributed by atoms with Gasteiger partial charge in [0.2, 0.25) is 5.91 Å². The molecule has 0 aromatic rings. The van der Waals surface area contributed by atoms with Gasteiger partial charge in [-0.2, -0.15) is 0 Å². The van der Waals surface area contributed by atoms with Crippen molar-refractivity contribution in [1.82, 2.24) is 9.80 Å². The van der Waals surface area contributed by atoms with Gasteiger partial charge in [0.25, 0.3) is 0 Å². The zero-order valence-corrected chi connectivity index (χ0v) is 11.4. The number of aliphatic hydroxyl groups is 1. The van der Waals surface area contributed by atoms with E-state index in [0.717, 1.165) is 31.6 Å². The molecule has 3 unspecified atom stereocenters. The van der Waals surface area contributed by atoms with Crippen LogP contribution in [0.4, 0.5) is 0 Å². The summed E-state index contributed by atoms with van der Waals surface area (Å²) in [6.45, 7) is 1.37. The number of nitrogens with zero attached hydrogens (tertiary/aromatic N) is 2. The third-order valence-electron chi connectivity index (χ3n) is 3.46. The van der Waals surface area contributed by atoms with Crippen LogP contribution in [0.15, 0.2) is 0 Å². The molecule has 0 aliphatic carbocycles. The summed E-state index contributed by atoms with van der Waals surface area (Å²) in [5.74, 6) is 1.35. The van der Waals surface area contributed by atoms with Crippen molar-refractivity contribution in [3.8, 4) is 0 Å². The Morgan fingerprint density at radius 1 is 1.53 bits per heavy atom. The van der Waals surface area contributed by atoms with E-state index in [1.807, 2.05) is 19.0 Å². The van der Waals surface area contributed by atoms with E-state index >= 15 is 0 Å². The number of hydrogen-bond donors (Lipinski definition) is 1. The fourth-order valence-corrected chi connectivity index (χ4v) is 3.94. The summed E-state index contributed by atoms with van der Waals surface area (Å²) in [5, 5.41) is 9.90. The molecule has 0 aromatic carbocycles. The van der Waals surface area contributed by atoms with Crippen LogP contribution in [0.1, 0.15) is 19.3 Å². The topological polar surface area (TPSA) is 43.8 Å². The largest absolute Gasteiger partial charge is 0.391 e. The quantitative estimate of drug-likeness (QED) is 0.796. The van der Waals surface area contributed by atoms with Crippen LogP contribution >= 0.6 is 11.8 Å². The van der Waals surface area contributed by atoms with Crippen LogP contribution in [0.3, 0.4) is 0 Å². The van der Waals surface area contributed by atoms with Crippen molar-refractivity contribution in [2.75, 3.05) is 32.9 Å². The molecule has 5 heteroatoms. The minimum atomic E-state index is -0.338. The minimum absolute atomic E-state index is 0.143. The lowest BCUT2D eigenvalue weighted by atomic mass is 10.1. The molecular weight excluding hydrogens is 236 g/mol. The Labute approximate surface area is 107 Å². The van der Waals surface area contributed by atoms with E-state index in [0.29, 0.717) is 6.54 Å². The molecule has 0 saturated carbocycles. The van der Waals surface area contributed by atoms with E-state index in [9.17, 15) is 9.90 Å². The van der Waals surface area contributed by atoms with E-state index in [1.165, 1.54) is 0 Å². The molecular formula is C12H22N2O2S. The number of thioether (sulfide) groups is 1. The first kappa shape index (κ1) is 13.2. The highest BCUT2D eigenvalue weighted by Gasteiger charge is 2.38. The van der Waals surface area contributed by atoms with Crippen molar-refractivity contribution in [2.45, 2.75) is 36.7 Å². The fraction of sp³-hybridized carbons (Fsp3) is 0.917. The van der Waals surface area contributed by atoms with Gasteiger partial charge in [-0.15, -0.1) is 11.8 Å². The summed E-state index contributed by atoms with van der Waals surface area (Å²) < 4.78 is 0. The third kappa shape index (κ3) is 3.14. The number of amides is 1. The molecule has 2 aliphatic rings. The molecule has 2 saturated heterocycles. The highest BCUT2D eigenvalue weighted by Crippen LogP contribution is 2.30. The van der Waals surface area contributed by atoms with Gasteiger partial charge in [-0.25, -0.2) is 0 Å². The van der Waals surface area contributed by atoms with Gasteiger partial charge in [-0.3, -0.25) is 4.79 Å². The molecule has 0 bridgehead atoms. The third-order valence-corrected chi connectivity index (χ3v) is 4.82. The molecule has 2 fully saturated rings. The Bertz CT molecular complexity index is 280. The Morgan fingerprint density at radius 2 is 2.29 bits per heavy atom. The zero-order chi connectivity index (χ0) is 12.4. The molecule has 0 radical (unpaired) electrons. The SMILES string of the molecule is CN(C)CC1CC(O)CN1C(=O)C1CCCS1. The number of carbonyl (C=O) groups is 1. The number of likely N-dealkylation sites (N-methyl/N-ethyl adjacent to an activating group) is 1. The molecule has 0 spiro atoms. The average molecular weight is 258 g/mol. The molecule has 98 valence electrons. The fourth-order valence-electron chi connectivity index (χ4n) is 2.71. The average Bonchev–Trinajstić information content (AvgIpc) is 2.85. The number of hydrogen-bond acceptors (Lipinski definition) is 4. The molecule has 1 amide bonds. The Hall–Kier alpha value is -0.260. The van der Waals surface area contributed by atoms with Crippen molar-refractivity contribution >= 4 is 17.7 Å². The molecule has 0 aromatic heterocycles. The lowest BCUT2D eigenvalue weighted by molar-refractivity contribution is -0.131. The number of carbonyl (C=O) groups excluding carboxylic acids is 1. The van der Waals surface area contributed by atoms with Crippen LogP contribution in [-0.2, 0) is 4.79 Å². The summed E-state index contributed by atoms with van der Waals surface area (Å²) in [7, 11) is 4.02. The Kier molecular flexibility index (Phi) is 4.33. The highest BCUT2D eigenvalue weighted by molar-refractivity contribution is 8.00. The van der Waals surface area contributed by atoms with Crippen LogP contribution in [0, 0.1) is 0 Å². The van der Waals surface area contributed by atoms with E-state index in [2.05, 4.69) is 4.90 Å². The highest BCUT2D eigenvalue weighted by atomic mass is 32.2. The second kappa shape index (κ2) is 5.59. The van der Waals surface area contributed by atoms with Crippen molar-refractivity contribution in [3.05, 3.63) is 0 Å². The van der Waals surface area contributed by atoms with E-state index in [4.69, 9.17) is 0 Å². The normalized spacial score (nSPS) is 33.6.